The van der Waals surface area contributed by atoms with Crippen molar-refractivity contribution >= 4 is 0 Å². The molecule has 0 fully saturated rings. The Kier molecular flexibility index (Phi) is 32.2. The maximum Gasteiger partial charge on any atom is -0.149 e. The topological polar surface area (TPSA) is 55.5 Å². The molecule has 0 aliphatic heterocycles. The summed E-state index contributed by atoms with van der Waals surface area (Å²) in [7, 11) is 0. The van der Waals surface area contributed by atoms with Crippen molar-refractivity contribution in [2.45, 2.75) is 0 Å². The van der Waals surface area contributed by atoms with Crippen molar-refractivity contribution in [1.82, 2.24) is 0 Å². The molecule has 0 aliphatic carbocycles. The Morgan fingerprint density at radius 3 is 1.75 bits per heavy atom. The molecule has 4 heteroatoms. The minimum absolute atomic E-state index is 0. The van der Waals surface area contributed by atoms with E-state index < -0.39 is 0 Å². The second kappa shape index (κ2) is 14.0. The molecule has 3 nitrogen and oxygen atoms in total. The van der Waals surface area contributed by atoms with Gasteiger partial charge in [0.1, 0.15) is 0 Å². The van der Waals surface area contributed by atoms with Crippen molar-refractivity contribution in [2.24, 2.45) is 5.90 Å². The van der Waals surface area contributed by atoms with Gasteiger partial charge in [0, 0.05) is 0 Å². The summed E-state index contributed by atoms with van der Waals surface area (Å²) in [5.74, 6) is 3.90. The van der Waals surface area contributed by atoms with Crippen molar-refractivity contribution in [3.05, 3.63) is 0 Å². The Morgan fingerprint density at radius 1 is 1.75 bits per heavy atom. The molecule has 0 saturated carbocycles. The molecule has 0 heterocycles. The van der Waals surface area contributed by atoms with Gasteiger partial charge in [-0.3, -0.25) is 4.70 Å². The van der Waals surface area contributed by atoms with Crippen molar-refractivity contribution in [3.63, 3.8) is 0 Å². The molecular weight excluding hydrogens is 65.0 g/mol. The molecule has 0 radical (unpaired) electrons. The van der Waals surface area contributed by atoms with Crippen molar-refractivity contribution < 1.29 is 14.9 Å². The maximum atomic E-state index is 6.85. The number of hydrogen-bond acceptors (Lipinski definition) is 3. The highest BCUT2D eigenvalue weighted by Crippen LogP contribution is 1.11. The zero-order chi connectivity index (χ0) is 2.71. The molecule has 0 spiro atoms. The van der Waals surface area contributed by atoms with Crippen LogP contribution in [0, 0.1) is 0 Å². The Labute approximate surface area is 22.2 Å². The first-order valence-corrected chi connectivity index (χ1v) is 0.418. The quantitative estimate of drug-likeness (QED) is 0.298. The highest BCUT2D eigenvalue weighted by Gasteiger charge is 1.24. The SMILES string of the molecule is F.NOO. The lowest BCUT2D eigenvalue weighted by atomic mass is 13.5. The Hall–Kier alpha value is -0.190. The van der Waals surface area contributed by atoms with Gasteiger partial charge < -0.3 is 0 Å². The van der Waals surface area contributed by atoms with Gasteiger partial charge in [0.25, 0.3) is 0 Å². The number of halogens is 1. The molecule has 0 rings (SSSR count). The predicted molar refractivity (Wildman–Crippen MR) is 10.4 cm³/mol. The van der Waals surface area contributed by atoms with Crippen molar-refractivity contribution in [3.8, 4) is 0 Å². The third-order valence-corrected chi connectivity index (χ3v) is 0. The molecule has 0 bridgehead atoms. The van der Waals surface area contributed by atoms with E-state index in [9.17, 15) is 0 Å². The average molecular weight is 69.0 g/mol. The molecule has 0 amide bonds. The summed E-state index contributed by atoms with van der Waals surface area (Å²) in [5, 5.41) is 6.85. The molecule has 0 atom stereocenters. The second-order valence-corrected chi connectivity index (χ2v) is 0.105. The standard InChI is InChI=1S/FH.H3NO2/c;1-3-2/h1H;2H,1H2. The predicted octanol–water partition coefficient (Wildman–Crippen LogP) is -0.498. The van der Waals surface area contributed by atoms with Gasteiger partial charge in [0.2, 0.25) is 0 Å². The molecule has 0 aromatic carbocycles. The molecule has 4 heavy (non-hydrogen) atoms. The van der Waals surface area contributed by atoms with E-state index in [2.05, 4.69) is 10.9 Å². The lowest BCUT2D eigenvalue weighted by Gasteiger charge is -1.59. The van der Waals surface area contributed by atoms with Crippen LogP contribution in [0.2, 0.25) is 0 Å². The minimum Gasteiger partial charge on any atom is -0.269 e. The minimum atomic E-state index is 0. The monoisotopic (exact) mass is 69.0 g/mol. The van der Waals surface area contributed by atoms with Gasteiger partial charge in [-0.1, -0.05) is 0 Å². The van der Waals surface area contributed by atoms with Crippen LogP contribution in [0.15, 0.2) is 0 Å². The summed E-state index contributed by atoms with van der Waals surface area (Å²) in [6, 6.07) is 0. The lowest BCUT2D eigenvalue weighted by Crippen LogP contribution is -1.87. The highest BCUT2D eigenvalue weighted by molar-refractivity contribution is 2.97. The first-order chi connectivity index (χ1) is 1.41. The van der Waals surface area contributed by atoms with Gasteiger partial charge in [-0.15, -0.1) is 4.99 Å². The Morgan fingerprint density at radius 2 is 1.75 bits per heavy atom. The number of hydrogen-bond donors (Lipinski definition) is 2. The Bertz CT molecular complexity index is 6.00. The van der Waals surface area contributed by atoms with Crippen LogP contribution < -0.4 is 5.90 Å². The zero-order valence-corrected chi connectivity index (χ0v) is 1.84. The normalized spacial score (nSPS) is 4.50. The van der Waals surface area contributed by atoms with E-state index in [1.807, 2.05) is 0 Å². The van der Waals surface area contributed by atoms with Crippen LogP contribution in [-0.4, -0.2) is 5.26 Å². The fourth-order valence-corrected chi connectivity index (χ4v) is 0. The van der Waals surface area contributed by atoms with Crippen LogP contribution in [0.4, 0.5) is 4.70 Å². The van der Waals surface area contributed by atoms with Crippen molar-refractivity contribution in [2.75, 3.05) is 0 Å². The molecule has 0 aliphatic rings. The van der Waals surface area contributed by atoms with Gasteiger partial charge >= 0.3 is 0 Å². The van der Waals surface area contributed by atoms with Gasteiger partial charge in [-0.25, -0.2) is 5.26 Å². The molecular formula is H4FNO2. The lowest BCUT2D eigenvalue weighted by molar-refractivity contribution is -0.247. The van der Waals surface area contributed by atoms with Crippen molar-refractivity contribution in [1.29, 1.82) is 0 Å². The summed E-state index contributed by atoms with van der Waals surface area (Å²) in [6.07, 6.45) is 0. The first-order valence-electron chi connectivity index (χ1n) is 0.418. The molecule has 0 saturated heterocycles. The van der Waals surface area contributed by atoms with E-state index in [4.69, 9.17) is 5.26 Å². The maximum absolute atomic E-state index is 6.85. The van der Waals surface area contributed by atoms with Crippen LogP contribution in [0.25, 0.3) is 0 Å². The van der Waals surface area contributed by atoms with E-state index in [0.29, 0.717) is 0 Å². The Balaban J connectivity index is 0. The third-order valence-electron chi connectivity index (χ3n) is 0. The number of rotatable bonds is 0. The van der Waals surface area contributed by atoms with Gasteiger partial charge in [0.15, 0.2) is 0 Å². The summed E-state index contributed by atoms with van der Waals surface area (Å²) in [5.41, 5.74) is 0. The van der Waals surface area contributed by atoms with E-state index in [-0.39, 0.29) is 4.70 Å². The molecule has 0 unspecified atom stereocenters. The second-order valence-electron chi connectivity index (χ2n) is 0.105. The smallest absolute Gasteiger partial charge is 0.149 e. The first kappa shape index (κ1) is 9.18. The summed E-state index contributed by atoms with van der Waals surface area (Å²) in [6.45, 7) is 0. The largest absolute Gasteiger partial charge is 0.269 e. The van der Waals surface area contributed by atoms with Crippen LogP contribution in [0.5, 0.6) is 0 Å². The third kappa shape index (κ3) is 32.9. The van der Waals surface area contributed by atoms with Gasteiger partial charge in [0.05, 0.1) is 0 Å². The van der Waals surface area contributed by atoms with Crippen LogP contribution in [0.1, 0.15) is 0 Å². The molecule has 0 aromatic rings. The molecule has 28 valence electrons. The van der Waals surface area contributed by atoms with E-state index in [1.165, 1.54) is 0 Å². The fourth-order valence-electron chi connectivity index (χ4n) is 0. The molecule has 0 aromatic heterocycles. The van der Waals surface area contributed by atoms with E-state index in [0.717, 1.165) is 0 Å². The van der Waals surface area contributed by atoms with Crippen LogP contribution in [-0.2, 0) is 4.99 Å². The van der Waals surface area contributed by atoms with E-state index >= 15 is 0 Å². The van der Waals surface area contributed by atoms with E-state index in [1.54, 1.807) is 0 Å². The number of nitrogens with two attached hydrogens (primary N) is 1. The summed E-state index contributed by atoms with van der Waals surface area (Å²) < 4.78 is 0. The average Bonchev–Trinajstić information content (AvgIpc) is 0.918. The highest BCUT2D eigenvalue weighted by atomic mass is 19.0. The van der Waals surface area contributed by atoms with Gasteiger partial charge in [-0.2, -0.15) is 5.90 Å². The molecule has 3 N–H and O–H groups in total. The van der Waals surface area contributed by atoms with Gasteiger partial charge in [-0.05, 0) is 0 Å². The van der Waals surface area contributed by atoms with Crippen LogP contribution >= 0.6 is 0 Å². The summed E-state index contributed by atoms with van der Waals surface area (Å²) >= 11 is 0. The fraction of sp³-hybridized carbons (Fsp3) is 0. The zero-order valence-electron chi connectivity index (χ0n) is 1.84. The van der Waals surface area contributed by atoms with Crippen LogP contribution in [0.3, 0.4) is 0 Å². The summed E-state index contributed by atoms with van der Waals surface area (Å²) in [4.78, 5) is 2.75.